The number of amidine groups is 1. The van der Waals surface area contributed by atoms with Gasteiger partial charge in [0, 0.05) is 49.2 Å². The Morgan fingerprint density at radius 3 is 2.28 bits per heavy atom. The molecule has 8 nitrogen and oxygen atoms in total. The molecule has 6 N–H and O–H groups in total. The summed E-state index contributed by atoms with van der Waals surface area (Å²) >= 11 is 0. The molecule has 164 valence electrons. The van der Waals surface area contributed by atoms with Crippen LogP contribution in [-0.4, -0.2) is 52.7 Å². The van der Waals surface area contributed by atoms with Gasteiger partial charge in [-0.1, -0.05) is 36.6 Å². The van der Waals surface area contributed by atoms with Crippen molar-refractivity contribution in [3.63, 3.8) is 0 Å². The van der Waals surface area contributed by atoms with E-state index in [1.54, 1.807) is 25.3 Å². The molecule has 1 aromatic carbocycles. The molecule has 1 saturated heterocycles. The predicted octanol–water partition coefficient (Wildman–Crippen LogP) is 1.53. The maximum Gasteiger partial charge on any atom is 0.253 e. The van der Waals surface area contributed by atoms with E-state index in [0.29, 0.717) is 60.2 Å². The molecule has 3 rings (SSSR count). The number of carbonyl (C=O) groups is 1. The quantitative estimate of drug-likeness (QED) is 0.386. The molecule has 32 heavy (non-hydrogen) atoms. The zero-order chi connectivity index (χ0) is 23.1. The average Bonchev–Trinajstić information content (AvgIpc) is 2.79. The molecule has 0 atom stereocenters. The number of piperazine rings is 1. The summed E-state index contributed by atoms with van der Waals surface area (Å²) in [7, 11) is 0. The van der Waals surface area contributed by atoms with Gasteiger partial charge in [-0.3, -0.25) is 4.79 Å². The number of amides is 1. The molecule has 1 amide bonds. The highest BCUT2D eigenvalue weighted by molar-refractivity contribution is 6.03. The number of benzene rings is 1. The largest absolute Gasteiger partial charge is 0.401 e. The number of hydrogen-bond donors (Lipinski definition) is 3. The molecular formula is C24H27N7O. The number of anilines is 1. The number of hydrogen-bond acceptors (Lipinski definition) is 6. The molecule has 0 radical (unpaired) electrons. The normalized spacial score (nSPS) is 14.8. The van der Waals surface area contributed by atoms with Gasteiger partial charge in [0.25, 0.3) is 5.91 Å². The van der Waals surface area contributed by atoms with E-state index in [2.05, 4.69) is 28.4 Å². The number of carbonyl (C=O) groups excluding carboxylic acids is 1. The second kappa shape index (κ2) is 10.2. The lowest BCUT2D eigenvalue weighted by molar-refractivity contribution is 0.0692. The molecule has 1 aliphatic heterocycles. The Bertz CT molecular complexity index is 1100. The zero-order valence-corrected chi connectivity index (χ0v) is 18.1. The van der Waals surface area contributed by atoms with Crippen molar-refractivity contribution < 1.29 is 4.79 Å². The minimum atomic E-state index is 0.00777. The number of allylic oxidation sites excluding steroid dienone is 1. The summed E-state index contributed by atoms with van der Waals surface area (Å²) in [5, 5.41) is 0. The van der Waals surface area contributed by atoms with E-state index in [4.69, 9.17) is 17.2 Å². The number of rotatable bonds is 3. The third-order valence-electron chi connectivity index (χ3n) is 4.87. The van der Waals surface area contributed by atoms with Gasteiger partial charge in [0.05, 0.1) is 5.57 Å². The maximum atomic E-state index is 12.8. The molecule has 1 aliphatic rings. The Balaban J connectivity index is 1.81. The first kappa shape index (κ1) is 22.4. The molecular weight excluding hydrogens is 402 g/mol. The van der Waals surface area contributed by atoms with Gasteiger partial charge in [0.2, 0.25) is 0 Å². The highest BCUT2D eigenvalue weighted by atomic mass is 16.2. The van der Waals surface area contributed by atoms with Crippen LogP contribution in [0.2, 0.25) is 0 Å². The van der Waals surface area contributed by atoms with E-state index >= 15 is 0 Å². The Morgan fingerprint density at radius 2 is 1.72 bits per heavy atom. The van der Waals surface area contributed by atoms with Crippen LogP contribution in [0.25, 0.3) is 0 Å². The molecule has 0 aliphatic carbocycles. The lowest BCUT2D eigenvalue weighted by atomic mass is 10.1. The van der Waals surface area contributed by atoms with E-state index in [0.717, 1.165) is 0 Å². The summed E-state index contributed by atoms with van der Waals surface area (Å²) in [6, 6.07) is 12.7. The molecule has 1 aromatic heterocycles. The van der Waals surface area contributed by atoms with Crippen LogP contribution in [0.4, 0.5) is 5.82 Å². The van der Waals surface area contributed by atoms with E-state index in [9.17, 15) is 4.79 Å². The molecule has 0 saturated carbocycles. The van der Waals surface area contributed by atoms with E-state index in [-0.39, 0.29) is 11.7 Å². The van der Waals surface area contributed by atoms with Crippen molar-refractivity contribution in [3.8, 4) is 11.8 Å². The molecule has 2 aromatic rings. The van der Waals surface area contributed by atoms with Crippen LogP contribution in [0.1, 0.15) is 22.8 Å². The van der Waals surface area contributed by atoms with Gasteiger partial charge in [-0.25, -0.2) is 9.98 Å². The average molecular weight is 430 g/mol. The first-order valence-electron chi connectivity index (χ1n) is 10.2. The van der Waals surface area contributed by atoms with Gasteiger partial charge in [0.15, 0.2) is 0 Å². The van der Waals surface area contributed by atoms with Crippen LogP contribution in [0.5, 0.6) is 0 Å². The summed E-state index contributed by atoms with van der Waals surface area (Å²) in [5.41, 5.74) is 20.0. The van der Waals surface area contributed by atoms with Gasteiger partial charge < -0.3 is 27.0 Å². The first-order valence-corrected chi connectivity index (χ1v) is 10.2. The highest BCUT2D eigenvalue weighted by Crippen LogP contribution is 2.14. The summed E-state index contributed by atoms with van der Waals surface area (Å²) in [6.45, 7) is 7.66. The summed E-state index contributed by atoms with van der Waals surface area (Å²) in [5.74, 6) is 7.26. The van der Waals surface area contributed by atoms with Crippen LogP contribution in [-0.2, 0) is 0 Å². The fraction of sp³-hybridized carbons (Fsp3) is 0.208. The lowest BCUT2D eigenvalue weighted by Crippen LogP contribution is -2.51. The summed E-state index contributed by atoms with van der Waals surface area (Å²) in [6.07, 6.45) is 1.60. The van der Waals surface area contributed by atoms with Crippen molar-refractivity contribution in [1.29, 1.82) is 0 Å². The minimum absolute atomic E-state index is 0.00777. The SMILES string of the molecule is C=C(N)N=C(/C(C#Cc1ccc(N)nc1)=C(/C)N)N1CCN(C(=O)c2ccccc2)CC1. The van der Waals surface area contributed by atoms with Crippen molar-refractivity contribution in [2.45, 2.75) is 6.92 Å². The topological polar surface area (TPSA) is 127 Å². The van der Waals surface area contributed by atoms with Gasteiger partial charge in [-0.15, -0.1) is 0 Å². The van der Waals surface area contributed by atoms with Crippen LogP contribution in [0.15, 0.2) is 77.3 Å². The molecule has 2 heterocycles. The summed E-state index contributed by atoms with van der Waals surface area (Å²) < 4.78 is 0. The van der Waals surface area contributed by atoms with Crippen molar-refractivity contribution in [3.05, 3.63) is 83.5 Å². The second-order valence-electron chi connectivity index (χ2n) is 7.35. The van der Waals surface area contributed by atoms with Gasteiger partial charge in [0.1, 0.15) is 17.5 Å². The van der Waals surface area contributed by atoms with Crippen molar-refractivity contribution >= 4 is 17.6 Å². The fourth-order valence-electron chi connectivity index (χ4n) is 3.25. The number of nitrogens with zero attached hydrogens (tertiary/aromatic N) is 4. The zero-order valence-electron chi connectivity index (χ0n) is 18.1. The molecule has 0 spiro atoms. The van der Waals surface area contributed by atoms with Gasteiger partial charge in [-0.2, -0.15) is 0 Å². The first-order chi connectivity index (χ1) is 15.3. The van der Waals surface area contributed by atoms with E-state index in [1.165, 1.54) is 0 Å². The predicted molar refractivity (Wildman–Crippen MR) is 127 cm³/mol. The third kappa shape index (κ3) is 5.67. The minimum Gasteiger partial charge on any atom is -0.401 e. The summed E-state index contributed by atoms with van der Waals surface area (Å²) in [4.78, 5) is 25.1. The number of nitrogen functional groups attached to an aromatic ring is 1. The van der Waals surface area contributed by atoms with E-state index < -0.39 is 0 Å². The maximum absolute atomic E-state index is 12.8. The highest BCUT2D eigenvalue weighted by Gasteiger charge is 2.25. The van der Waals surface area contributed by atoms with Crippen molar-refractivity contribution in [2.75, 3.05) is 31.9 Å². The van der Waals surface area contributed by atoms with Crippen LogP contribution >= 0.6 is 0 Å². The Kier molecular flexibility index (Phi) is 7.13. The van der Waals surface area contributed by atoms with Gasteiger partial charge in [-0.05, 0) is 31.2 Å². The fourth-order valence-corrected chi connectivity index (χ4v) is 3.25. The van der Waals surface area contributed by atoms with E-state index in [1.807, 2.05) is 40.1 Å². The number of aliphatic imine (C=N–C) groups is 1. The third-order valence-corrected chi connectivity index (χ3v) is 4.87. The lowest BCUT2D eigenvalue weighted by Gasteiger charge is -2.36. The smallest absolute Gasteiger partial charge is 0.253 e. The molecule has 0 unspecified atom stereocenters. The van der Waals surface area contributed by atoms with Crippen LogP contribution in [0, 0.1) is 11.8 Å². The molecule has 1 fully saturated rings. The van der Waals surface area contributed by atoms with Gasteiger partial charge >= 0.3 is 0 Å². The number of aromatic nitrogens is 1. The Labute approximate surface area is 188 Å². The van der Waals surface area contributed by atoms with Crippen LogP contribution < -0.4 is 17.2 Å². The van der Waals surface area contributed by atoms with Crippen molar-refractivity contribution in [2.24, 2.45) is 16.5 Å². The Hall–Kier alpha value is -4.25. The van der Waals surface area contributed by atoms with Crippen molar-refractivity contribution in [1.82, 2.24) is 14.8 Å². The number of pyridine rings is 1. The molecule has 0 bridgehead atoms. The number of nitrogens with two attached hydrogens (primary N) is 3. The monoisotopic (exact) mass is 429 g/mol. The Morgan fingerprint density at radius 1 is 1.06 bits per heavy atom. The molecule has 8 heteroatoms. The second-order valence-corrected chi connectivity index (χ2v) is 7.35. The standard InChI is InChI=1S/C24H27N7O/c1-17(25)21(10-8-19-9-11-22(27)28-16-19)23(29-18(2)26)30-12-14-31(15-13-30)24(32)20-6-4-3-5-7-20/h3-7,9,11,16H,2,12-15,25-26H2,1H3,(H2,27,28)/b21-17-,29-23?. The van der Waals surface area contributed by atoms with Crippen LogP contribution in [0.3, 0.4) is 0 Å².